The van der Waals surface area contributed by atoms with E-state index < -0.39 is 0 Å². The molecule has 0 N–H and O–H groups in total. The predicted octanol–water partition coefficient (Wildman–Crippen LogP) is 3.82. The molecule has 0 unspecified atom stereocenters. The van der Waals surface area contributed by atoms with Crippen molar-refractivity contribution in [3.63, 3.8) is 0 Å². The highest BCUT2D eigenvalue weighted by Gasteiger charge is 2.16. The SMILES string of the molecule is COc1ccc(-c2nn(-c3ccccc3)cc2C=c2sc3nc(-c4ccco4)nn3c2=O)cc1. The molecule has 0 amide bonds. The summed E-state index contributed by atoms with van der Waals surface area (Å²) < 4.78 is 14.3. The number of aromatic nitrogens is 5. The van der Waals surface area contributed by atoms with Gasteiger partial charge in [0.2, 0.25) is 10.8 Å². The van der Waals surface area contributed by atoms with Crippen molar-refractivity contribution >= 4 is 22.4 Å². The fourth-order valence-electron chi connectivity index (χ4n) is 3.66. The monoisotopic (exact) mass is 467 g/mol. The Morgan fingerprint density at radius 2 is 1.82 bits per heavy atom. The third-order valence-corrected chi connectivity index (χ3v) is 6.30. The Hall–Kier alpha value is -4.50. The Morgan fingerprint density at radius 3 is 2.53 bits per heavy atom. The molecule has 0 aliphatic carbocycles. The van der Waals surface area contributed by atoms with Crippen LogP contribution >= 0.6 is 11.3 Å². The molecule has 166 valence electrons. The number of para-hydroxylation sites is 1. The van der Waals surface area contributed by atoms with Gasteiger partial charge in [-0.05, 0) is 54.6 Å². The van der Waals surface area contributed by atoms with Crippen LogP contribution in [0.15, 0.2) is 88.4 Å². The molecule has 6 rings (SSSR count). The first-order chi connectivity index (χ1) is 16.7. The summed E-state index contributed by atoms with van der Waals surface area (Å²) in [6, 6.07) is 21.0. The summed E-state index contributed by atoms with van der Waals surface area (Å²) in [6.45, 7) is 0. The molecule has 0 saturated heterocycles. The topological polar surface area (TPSA) is 87.4 Å². The lowest BCUT2D eigenvalue weighted by molar-refractivity contribution is 0.415. The van der Waals surface area contributed by atoms with Crippen molar-refractivity contribution in [2.75, 3.05) is 7.11 Å². The molecule has 2 aromatic carbocycles. The van der Waals surface area contributed by atoms with Crippen molar-refractivity contribution in [1.29, 1.82) is 0 Å². The van der Waals surface area contributed by atoms with E-state index in [-0.39, 0.29) is 5.56 Å². The van der Waals surface area contributed by atoms with E-state index in [0.717, 1.165) is 28.3 Å². The number of hydrogen-bond acceptors (Lipinski definition) is 7. The van der Waals surface area contributed by atoms with Gasteiger partial charge in [-0.15, -0.1) is 5.10 Å². The molecular formula is C25H17N5O3S. The number of thiazole rings is 1. The van der Waals surface area contributed by atoms with Gasteiger partial charge in [-0.1, -0.05) is 29.5 Å². The molecule has 0 aliphatic rings. The smallest absolute Gasteiger partial charge is 0.291 e. The van der Waals surface area contributed by atoms with Crippen molar-refractivity contribution in [2.24, 2.45) is 0 Å². The summed E-state index contributed by atoms with van der Waals surface area (Å²) in [5.41, 5.74) is 3.15. The molecule has 6 aromatic rings. The van der Waals surface area contributed by atoms with Gasteiger partial charge in [0.1, 0.15) is 11.4 Å². The Kier molecular flexibility index (Phi) is 4.81. The van der Waals surface area contributed by atoms with Gasteiger partial charge >= 0.3 is 0 Å². The number of rotatable bonds is 5. The van der Waals surface area contributed by atoms with Gasteiger partial charge in [0.15, 0.2) is 5.76 Å². The molecule has 0 atom stereocenters. The lowest BCUT2D eigenvalue weighted by Gasteiger charge is -2.02. The highest BCUT2D eigenvalue weighted by molar-refractivity contribution is 7.15. The molecule has 4 aromatic heterocycles. The molecule has 4 heterocycles. The van der Waals surface area contributed by atoms with Gasteiger partial charge in [-0.3, -0.25) is 4.79 Å². The summed E-state index contributed by atoms with van der Waals surface area (Å²) >= 11 is 1.27. The highest BCUT2D eigenvalue weighted by atomic mass is 32.1. The molecule has 0 spiro atoms. The lowest BCUT2D eigenvalue weighted by Crippen LogP contribution is -2.23. The molecule has 8 nitrogen and oxygen atoms in total. The van der Waals surface area contributed by atoms with Gasteiger partial charge in [0, 0.05) is 17.3 Å². The number of nitrogens with zero attached hydrogens (tertiary/aromatic N) is 5. The first-order valence-corrected chi connectivity index (χ1v) is 11.3. The minimum Gasteiger partial charge on any atom is -0.497 e. The molecule has 0 bridgehead atoms. The molecule has 0 aliphatic heterocycles. The first-order valence-electron chi connectivity index (χ1n) is 10.4. The standard InChI is InChI=1S/C25H17N5O3S/c1-32-19-11-9-16(10-12-19)22-17(15-29(27-22)18-6-3-2-4-7-18)14-21-24(31)30-25(34-21)26-23(28-30)20-8-5-13-33-20/h2-15H,1H3. The van der Waals surface area contributed by atoms with Gasteiger partial charge in [-0.2, -0.15) is 14.6 Å². The van der Waals surface area contributed by atoms with Crippen molar-refractivity contribution in [2.45, 2.75) is 0 Å². The summed E-state index contributed by atoms with van der Waals surface area (Å²) in [7, 11) is 1.63. The Labute approximate surface area is 197 Å². The number of benzene rings is 2. The maximum absolute atomic E-state index is 13.1. The summed E-state index contributed by atoms with van der Waals surface area (Å²) in [6.07, 6.45) is 5.30. The second kappa shape index (κ2) is 8.13. The van der Waals surface area contributed by atoms with Crippen LogP contribution in [0.5, 0.6) is 5.75 Å². The van der Waals surface area contributed by atoms with E-state index in [0.29, 0.717) is 21.1 Å². The van der Waals surface area contributed by atoms with E-state index in [2.05, 4.69) is 10.1 Å². The second-order valence-electron chi connectivity index (χ2n) is 7.46. The zero-order chi connectivity index (χ0) is 23.1. The Bertz CT molecular complexity index is 1700. The maximum atomic E-state index is 13.1. The van der Waals surface area contributed by atoms with E-state index in [1.807, 2.05) is 71.6 Å². The number of furan rings is 1. The van der Waals surface area contributed by atoms with E-state index in [1.54, 1.807) is 25.5 Å². The zero-order valence-corrected chi connectivity index (χ0v) is 18.8. The number of hydrogen-bond donors (Lipinski definition) is 0. The van der Waals surface area contributed by atoms with Gasteiger partial charge in [0.25, 0.3) is 5.56 Å². The van der Waals surface area contributed by atoms with Crippen LogP contribution in [0.3, 0.4) is 0 Å². The van der Waals surface area contributed by atoms with Crippen molar-refractivity contribution in [1.82, 2.24) is 24.4 Å². The first kappa shape index (κ1) is 20.1. The normalized spacial score (nSPS) is 12.0. The van der Waals surface area contributed by atoms with Crippen molar-refractivity contribution < 1.29 is 9.15 Å². The van der Waals surface area contributed by atoms with Crippen LogP contribution in [0.2, 0.25) is 0 Å². The highest BCUT2D eigenvalue weighted by Crippen LogP contribution is 2.26. The maximum Gasteiger partial charge on any atom is 0.291 e. The van der Waals surface area contributed by atoms with Gasteiger partial charge in [-0.25, -0.2) is 4.68 Å². The quantitative estimate of drug-likeness (QED) is 0.383. The second-order valence-corrected chi connectivity index (χ2v) is 8.47. The lowest BCUT2D eigenvalue weighted by atomic mass is 10.1. The minimum atomic E-state index is -0.238. The van der Waals surface area contributed by atoms with Crippen LogP contribution in [0.25, 0.3) is 39.6 Å². The van der Waals surface area contributed by atoms with Crippen molar-refractivity contribution in [3.05, 3.63) is 99.6 Å². The average Bonchev–Trinajstić information content (AvgIpc) is 3.66. The number of fused-ring (bicyclic) bond motifs is 1. The Balaban J connectivity index is 1.49. The van der Waals surface area contributed by atoms with Crippen LogP contribution in [-0.4, -0.2) is 31.5 Å². The molecular weight excluding hydrogens is 450 g/mol. The van der Waals surface area contributed by atoms with Crippen LogP contribution in [0.1, 0.15) is 5.56 Å². The fourth-order valence-corrected chi connectivity index (χ4v) is 4.56. The number of methoxy groups -OCH3 is 1. The number of ether oxygens (including phenoxy) is 1. The van der Waals surface area contributed by atoms with Crippen LogP contribution in [-0.2, 0) is 0 Å². The Morgan fingerprint density at radius 1 is 1.00 bits per heavy atom. The molecule has 9 heteroatoms. The molecule has 0 radical (unpaired) electrons. The third-order valence-electron chi connectivity index (χ3n) is 5.34. The summed E-state index contributed by atoms with van der Waals surface area (Å²) in [4.78, 5) is 18.0. The summed E-state index contributed by atoms with van der Waals surface area (Å²) in [5, 5.41) is 9.14. The van der Waals surface area contributed by atoms with Gasteiger partial charge < -0.3 is 9.15 Å². The van der Waals surface area contributed by atoms with Crippen LogP contribution < -0.4 is 14.8 Å². The largest absolute Gasteiger partial charge is 0.497 e. The van der Waals surface area contributed by atoms with Crippen molar-refractivity contribution in [3.8, 4) is 34.3 Å². The van der Waals surface area contributed by atoms with Crippen LogP contribution in [0.4, 0.5) is 0 Å². The molecule has 0 saturated carbocycles. The summed E-state index contributed by atoms with van der Waals surface area (Å²) in [5.74, 6) is 1.67. The molecule has 0 fully saturated rings. The van der Waals surface area contributed by atoms with Crippen LogP contribution in [0, 0.1) is 0 Å². The average molecular weight is 468 g/mol. The van der Waals surface area contributed by atoms with Gasteiger partial charge in [0.05, 0.1) is 23.6 Å². The van der Waals surface area contributed by atoms with E-state index in [1.165, 1.54) is 15.9 Å². The van der Waals surface area contributed by atoms with E-state index in [9.17, 15) is 4.79 Å². The van der Waals surface area contributed by atoms with E-state index in [4.69, 9.17) is 14.3 Å². The third kappa shape index (κ3) is 3.48. The minimum absolute atomic E-state index is 0.238. The fraction of sp³-hybridized carbons (Fsp3) is 0.0400. The molecule has 34 heavy (non-hydrogen) atoms. The zero-order valence-electron chi connectivity index (χ0n) is 18.0. The predicted molar refractivity (Wildman–Crippen MR) is 129 cm³/mol. The van der Waals surface area contributed by atoms with E-state index >= 15 is 0 Å².